The molecular formula is C13H21ClN2OS. The molecule has 0 aliphatic carbocycles. The molecule has 0 radical (unpaired) electrons. The molecule has 1 atom stereocenters. The lowest BCUT2D eigenvalue weighted by Gasteiger charge is -2.22. The van der Waals surface area contributed by atoms with Gasteiger partial charge in [0, 0.05) is 11.4 Å². The van der Waals surface area contributed by atoms with Gasteiger partial charge in [0.2, 0.25) is 0 Å². The van der Waals surface area contributed by atoms with Crippen molar-refractivity contribution in [3.05, 3.63) is 21.9 Å². The Morgan fingerprint density at radius 2 is 2.39 bits per heavy atom. The van der Waals surface area contributed by atoms with Gasteiger partial charge in [-0.25, -0.2) is 0 Å². The number of rotatable bonds is 4. The number of carbonyl (C=O) groups excluding carboxylic acids is 1. The largest absolute Gasteiger partial charge is 0.351 e. The third-order valence-electron chi connectivity index (χ3n) is 3.20. The van der Waals surface area contributed by atoms with Crippen molar-refractivity contribution < 1.29 is 4.79 Å². The molecule has 1 saturated heterocycles. The standard InChI is InChI=1S/C13H20N2OS.ClH/c1-10-4-5-12(17-10)13(16)15-8-6-11-3-2-7-14-9-11;/h4-5,11,14H,2-3,6-9H2,1H3,(H,15,16);1H. The van der Waals surface area contributed by atoms with E-state index in [1.165, 1.54) is 17.7 Å². The Kier molecular flexibility index (Phi) is 6.68. The molecule has 1 fully saturated rings. The Bertz CT molecular complexity index is 375. The zero-order valence-electron chi connectivity index (χ0n) is 10.7. The molecule has 2 N–H and O–H groups in total. The SMILES string of the molecule is Cc1ccc(C(=O)NCCC2CCCNC2)s1.Cl. The lowest BCUT2D eigenvalue weighted by atomic mass is 9.96. The Hall–Kier alpha value is -0.580. The van der Waals surface area contributed by atoms with Gasteiger partial charge in [0.25, 0.3) is 5.91 Å². The Morgan fingerprint density at radius 1 is 1.56 bits per heavy atom. The van der Waals surface area contributed by atoms with E-state index in [4.69, 9.17) is 0 Å². The summed E-state index contributed by atoms with van der Waals surface area (Å²) in [5.41, 5.74) is 0. The average molecular weight is 289 g/mol. The Balaban J connectivity index is 0.00000162. The number of halogens is 1. The van der Waals surface area contributed by atoms with Gasteiger partial charge in [-0.15, -0.1) is 23.7 Å². The maximum Gasteiger partial charge on any atom is 0.261 e. The lowest BCUT2D eigenvalue weighted by Crippen LogP contribution is -2.33. The number of carbonyl (C=O) groups is 1. The Labute approximate surface area is 119 Å². The molecule has 102 valence electrons. The highest BCUT2D eigenvalue weighted by Crippen LogP contribution is 2.15. The first-order chi connectivity index (χ1) is 8.25. The lowest BCUT2D eigenvalue weighted by molar-refractivity contribution is 0.0954. The second-order valence-corrected chi connectivity index (χ2v) is 5.96. The number of piperidine rings is 1. The van der Waals surface area contributed by atoms with Gasteiger partial charge in [0.05, 0.1) is 4.88 Å². The first kappa shape index (κ1) is 15.5. The van der Waals surface area contributed by atoms with E-state index < -0.39 is 0 Å². The Morgan fingerprint density at radius 3 is 3.00 bits per heavy atom. The molecule has 2 heterocycles. The van der Waals surface area contributed by atoms with Crippen LogP contribution in [0.1, 0.15) is 33.8 Å². The highest BCUT2D eigenvalue weighted by molar-refractivity contribution is 7.13. The second kappa shape index (κ2) is 7.77. The minimum absolute atomic E-state index is 0. The molecule has 0 spiro atoms. The summed E-state index contributed by atoms with van der Waals surface area (Å²) in [5.74, 6) is 0.806. The van der Waals surface area contributed by atoms with Crippen LogP contribution < -0.4 is 10.6 Å². The number of thiophene rings is 1. The molecular weight excluding hydrogens is 268 g/mol. The van der Waals surface area contributed by atoms with Gasteiger partial charge in [0.15, 0.2) is 0 Å². The van der Waals surface area contributed by atoms with Crippen LogP contribution in [-0.4, -0.2) is 25.5 Å². The first-order valence-corrected chi connectivity index (χ1v) is 7.12. The summed E-state index contributed by atoms with van der Waals surface area (Å²) < 4.78 is 0. The van der Waals surface area contributed by atoms with Gasteiger partial charge in [-0.05, 0) is 57.3 Å². The highest BCUT2D eigenvalue weighted by atomic mass is 35.5. The van der Waals surface area contributed by atoms with Crippen molar-refractivity contribution in [2.24, 2.45) is 5.92 Å². The number of aryl methyl sites for hydroxylation is 1. The summed E-state index contributed by atoms with van der Waals surface area (Å²) in [7, 11) is 0. The van der Waals surface area contributed by atoms with Crippen LogP contribution in [0.3, 0.4) is 0 Å². The molecule has 1 amide bonds. The summed E-state index contributed by atoms with van der Waals surface area (Å²) in [6.45, 7) is 5.07. The summed E-state index contributed by atoms with van der Waals surface area (Å²) in [5, 5.41) is 6.40. The van der Waals surface area contributed by atoms with Crippen LogP contribution >= 0.6 is 23.7 Å². The van der Waals surface area contributed by atoms with Crippen LogP contribution in [0.4, 0.5) is 0 Å². The molecule has 2 rings (SSSR count). The third-order valence-corrected chi connectivity index (χ3v) is 4.20. The fourth-order valence-corrected chi connectivity index (χ4v) is 2.99. The maximum atomic E-state index is 11.8. The van der Waals surface area contributed by atoms with Crippen molar-refractivity contribution in [1.29, 1.82) is 0 Å². The van der Waals surface area contributed by atoms with Crippen molar-refractivity contribution in [2.75, 3.05) is 19.6 Å². The van der Waals surface area contributed by atoms with Crippen LogP contribution in [-0.2, 0) is 0 Å². The monoisotopic (exact) mass is 288 g/mol. The minimum Gasteiger partial charge on any atom is -0.351 e. The zero-order chi connectivity index (χ0) is 12.1. The summed E-state index contributed by atoms with van der Waals surface area (Å²) >= 11 is 1.56. The molecule has 1 aromatic heterocycles. The fourth-order valence-electron chi connectivity index (χ4n) is 2.20. The van der Waals surface area contributed by atoms with Gasteiger partial charge in [-0.2, -0.15) is 0 Å². The van der Waals surface area contributed by atoms with Crippen LogP contribution in [0.25, 0.3) is 0 Å². The maximum absolute atomic E-state index is 11.8. The number of hydrogen-bond acceptors (Lipinski definition) is 3. The van der Waals surface area contributed by atoms with Crippen LogP contribution in [0.15, 0.2) is 12.1 Å². The molecule has 18 heavy (non-hydrogen) atoms. The summed E-state index contributed by atoms with van der Waals surface area (Å²) in [6, 6.07) is 3.89. The van der Waals surface area contributed by atoms with E-state index in [0.29, 0.717) is 0 Å². The van der Waals surface area contributed by atoms with Crippen LogP contribution in [0.5, 0.6) is 0 Å². The number of amides is 1. The van der Waals surface area contributed by atoms with E-state index in [-0.39, 0.29) is 18.3 Å². The molecule has 1 aliphatic rings. The molecule has 1 aliphatic heterocycles. The molecule has 5 heteroatoms. The normalized spacial score (nSPS) is 19.1. The molecule has 0 aromatic carbocycles. The highest BCUT2D eigenvalue weighted by Gasteiger charge is 2.13. The van der Waals surface area contributed by atoms with E-state index in [2.05, 4.69) is 10.6 Å². The molecule has 3 nitrogen and oxygen atoms in total. The van der Waals surface area contributed by atoms with E-state index in [1.807, 2.05) is 19.1 Å². The van der Waals surface area contributed by atoms with E-state index in [1.54, 1.807) is 11.3 Å². The minimum atomic E-state index is 0. The van der Waals surface area contributed by atoms with Crippen molar-refractivity contribution in [2.45, 2.75) is 26.2 Å². The smallest absolute Gasteiger partial charge is 0.261 e. The van der Waals surface area contributed by atoms with Crippen molar-refractivity contribution in [1.82, 2.24) is 10.6 Å². The van der Waals surface area contributed by atoms with Crippen molar-refractivity contribution in [3.63, 3.8) is 0 Å². The molecule has 0 saturated carbocycles. The third kappa shape index (κ3) is 4.59. The molecule has 1 aromatic rings. The topological polar surface area (TPSA) is 41.1 Å². The van der Waals surface area contributed by atoms with E-state index in [9.17, 15) is 4.79 Å². The van der Waals surface area contributed by atoms with Crippen LogP contribution in [0.2, 0.25) is 0 Å². The number of nitrogens with one attached hydrogen (secondary N) is 2. The van der Waals surface area contributed by atoms with Gasteiger partial charge < -0.3 is 10.6 Å². The molecule has 0 bridgehead atoms. The van der Waals surface area contributed by atoms with Gasteiger partial charge in [-0.3, -0.25) is 4.79 Å². The van der Waals surface area contributed by atoms with E-state index in [0.717, 1.165) is 36.9 Å². The van der Waals surface area contributed by atoms with Crippen molar-refractivity contribution in [3.8, 4) is 0 Å². The summed E-state index contributed by atoms with van der Waals surface area (Å²) in [6.07, 6.45) is 3.65. The fraction of sp³-hybridized carbons (Fsp3) is 0.615. The van der Waals surface area contributed by atoms with Crippen LogP contribution in [0, 0.1) is 12.8 Å². The van der Waals surface area contributed by atoms with Gasteiger partial charge >= 0.3 is 0 Å². The second-order valence-electron chi connectivity index (χ2n) is 4.67. The summed E-state index contributed by atoms with van der Waals surface area (Å²) in [4.78, 5) is 13.8. The number of hydrogen-bond donors (Lipinski definition) is 2. The van der Waals surface area contributed by atoms with E-state index >= 15 is 0 Å². The van der Waals surface area contributed by atoms with Gasteiger partial charge in [0.1, 0.15) is 0 Å². The predicted octanol–water partition coefficient (Wildman–Crippen LogP) is 2.60. The van der Waals surface area contributed by atoms with Gasteiger partial charge in [-0.1, -0.05) is 0 Å². The molecule has 1 unspecified atom stereocenters. The first-order valence-electron chi connectivity index (χ1n) is 6.31. The van der Waals surface area contributed by atoms with Crippen molar-refractivity contribution >= 4 is 29.7 Å². The zero-order valence-corrected chi connectivity index (χ0v) is 12.3. The average Bonchev–Trinajstić information content (AvgIpc) is 2.77. The quantitative estimate of drug-likeness (QED) is 0.894. The predicted molar refractivity (Wildman–Crippen MR) is 78.8 cm³/mol.